The van der Waals surface area contributed by atoms with Crippen molar-refractivity contribution in [1.82, 2.24) is 0 Å². The summed E-state index contributed by atoms with van der Waals surface area (Å²) in [6.45, 7) is 2.06. The van der Waals surface area contributed by atoms with E-state index in [-0.39, 0.29) is 0 Å². The molecule has 17 heavy (non-hydrogen) atoms. The summed E-state index contributed by atoms with van der Waals surface area (Å²) in [5.41, 5.74) is 1.19. The van der Waals surface area contributed by atoms with Gasteiger partial charge in [0.15, 0.2) is 0 Å². The lowest BCUT2D eigenvalue weighted by Crippen LogP contribution is -2.10. The molecule has 0 aromatic heterocycles. The number of hydrogen-bond donors (Lipinski definition) is 0. The molecule has 0 aliphatic heterocycles. The second-order valence-corrected chi connectivity index (χ2v) is 3.42. The SMILES string of the molecule is CCOC(=O)c1c(CCC=O)cccc1OC. The van der Waals surface area contributed by atoms with Crippen LogP contribution in [0.3, 0.4) is 0 Å². The Bertz CT molecular complexity index is 398. The summed E-state index contributed by atoms with van der Waals surface area (Å²) in [6, 6.07) is 5.30. The quantitative estimate of drug-likeness (QED) is 0.560. The van der Waals surface area contributed by atoms with E-state index in [0.29, 0.717) is 30.8 Å². The highest BCUT2D eigenvalue weighted by Gasteiger charge is 2.17. The molecule has 1 aromatic carbocycles. The van der Waals surface area contributed by atoms with E-state index in [9.17, 15) is 9.59 Å². The van der Waals surface area contributed by atoms with E-state index >= 15 is 0 Å². The minimum Gasteiger partial charge on any atom is -0.496 e. The second-order valence-electron chi connectivity index (χ2n) is 3.42. The first-order chi connectivity index (χ1) is 8.24. The molecule has 4 heteroatoms. The van der Waals surface area contributed by atoms with Crippen LogP contribution in [0.1, 0.15) is 29.3 Å². The van der Waals surface area contributed by atoms with Crippen LogP contribution in [0.25, 0.3) is 0 Å². The first-order valence-electron chi connectivity index (χ1n) is 5.51. The van der Waals surface area contributed by atoms with Crippen molar-refractivity contribution in [3.05, 3.63) is 29.3 Å². The monoisotopic (exact) mass is 236 g/mol. The highest BCUT2D eigenvalue weighted by atomic mass is 16.5. The van der Waals surface area contributed by atoms with E-state index in [1.807, 2.05) is 0 Å². The lowest BCUT2D eigenvalue weighted by atomic mass is 10.0. The molecule has 0 fully saturated rings. The maximum absolute atomic E-state index is 11.8. The molecule has 0 radical (unpaired) electrons. The van der Waals surface area contributed by atoms with Gasteiger partial charge in [-0.25, -0.2) is 4.79 Å². The normalized spacial score (nSPS) is 9.76. The highest BCUT2D eigenvalue weighted by molar-refractivity contribution is 5.94. The zero-order valence-corrected chi connectivity index (χ0v) is 10.1. The Morgan fingerprint density at radius 2 is 2.18 bits per heavy atom. The zero-order valence-electron chi connectivity index (χ0n) is 10.1. The van der Waals surface area contributed by atoms with Crippen molar-refractivity contribution in [1.29, 1.82) is 0 Å². The summed E-state index contributed by atoms with van der Waals surface area (Å²) >= 11 is 0. The van der Waals surface area contributed by atoms with Gasteiger partial charge in [0.05, 0.1) is 13.7 Å². The highest BCUT2D eigenvalue weighted by Crippen LogP contribution is 2.24. The maximum atomic E-state index is 11.8. The van der Waals surface area contributed by atoms with Crippen molar-refractivity contribution in [3.63, 3.8) is 0 Å². The Labute approximate surface area is 101 Å². The van der Waals surface area contributed by atoms with E-state index < -0.39 is 5.97 Å². The van der Waals surface area contributed by atoms with Crippen LogP contribution in [-0.4, -0.2) is 26.0 Å². The van der Waals surface area contributed by atoms with Gasteiger partial charge in [-0.05, 0) is 25.0 Å². The molecule has 1 aromatic rings. The molecule has 0 unspecified atom stereocenters. The molecule has 92 valence electrons. The Balaban J connectivity index is 3.10. The Morgan fingerprint density at radius 3 is 2.76 bits per heavy atom. The number of hydrogen-bond acceptors (Lipinski definition) is 4. The van der Waals surface area contributed by atoms with Crippen molar-refractivity contribution in [2.45, 2.75) is 19.8 Å². The molecule has 0 heterocycles. The number of aldehydes is 1. The average molecular weight is 236 g/mol. The number of methoxy groups -OCH3 is 1. The molecular formula is C13H16O4. The van der Waals surface area contributed by atoms with Crippen molar-refractivity contribution in [3.8, 4) is 5.75 Å². The van der Waals surface area contributed by atoms with Crippen LogP contribution in [-0.2, 0) is 16.0 Å². The minimum absolute atomic E-state index is 0.310. The van der Waals surface area contributed by atoms with Crippen LogP contribution in [0.4, 0.5) is 0 Å². The number of ether oxygens (including phenoxy) is 2. The number of aryl methyl sites for hydroxylation is 1. The second kappa shape index (κ2) is 6.68. The van der Waals surface area contributed by atoms with Crippen molar-refractivity contribution in [2.24, 2.45) is 0 Å². The van der Waals surface area contributed by atoms with Crippen LogP contribution in [0.2, 0.25) is 0 Å². The topological polar surface area (TPSA) is 52.6 Å². The number of rotatable bonds is 6. The van der Waals surface area contributed by atoms with Gasteiger partial charge in [-0.3, -0.25) is 0 Å². The predicted octanol–water partition coefficient (Wildman–Crippen LogP) is 2.00. The van der Waals surface area contributed by atoms with Gasteiger partial charge in [0.2, 0.25) is 0 Å². The summed E-state index contributed by atoms with van der Waals surface area (Å²) in [5.74, 6) is 0.0673. The summed E-state index contributed by atoms with van der Waals surface area (Å²) in [7, 11) is 1.50. The molecule has 0 aliphatic carbocycles. The largest absolute Gasteiger partial charge is 0.496 e. The fourth-order valence-corrected chi connectivity index (χ4v) is 1.60. The first kappa shape index (κ1) is 13.2. The molecule has 1 rings (SSSR count). The minimum atomic E-state index is -0.411. The molecule has 0 amide bonds. The van der Waals surface area contributed by atoms with E-state index in [2.05, 4.69) is 0 Å². The molecular weight excluding hydrogens is 220 g/mol. The van der Waals surface area contributed by atoms with Gasteiger partial charge in [0.25, 0.3) is 0 Å². The summed E-state index contributed by atoms with van der Waals surface area (Å²) in [6.07, 6.45) is 1.71. The third-order valence-corrected chi connectivity index (χ3v) is 2.34. The van der Waals surface area contributed by atoms with E-state index in [1.54, 1.807) is 25.1 Å². The standard InChI is InChI=1S/C13H16O4/c1-3-17-13(15)12-10(7-5-9-14)6-4-8-11(12)16-2/h4,6,8-9H,3,5,7H2,1-2H3. The fourth-order valence-electron chi connectivity index (χ4n) is 1.60. The predicted molar refractivity (Wildman–Crippen MR) is 63.3 cm³/mol. The van der Waals surface area contributed by atoms with Crippen LogP contribution in [0.15, 0.2) is 18.2 Å². The van der Waals surface area contributed by atoms with Gasteiger partial charge in [-0.2, -0.15) is 0 Å². The van der Waals surface area contributed by atoms with Gasteiger partial charge in [0.1, 0.15) is 17.6 Å². The fraction of sp³-hybridized carbons (Fsp3) is 0.385. The number of carbonyl (C=O) groups excluding carboxylic acids is 2. The molecule has 4 nitrogen and oxygen atoms in total. The molecule has 0 saturated carbocycles. The van der Waals surface area contributed by atoms with Gasteiger partial charge in [-0.15, -0.1) is 0 Å². The smallest absolute Gasteiger partial charge is 0.342 e. The molecule has 0 N–H and O–H groups in total. The number of benzene rings is 1. The Hall–Kier alpha value is -1.84. The van der Waals surface area contributed by atoms with Crippen LogP contribution < -0.4 is 4.74 Å². The zero-order chi connectivity index (χ0) is 12.7. The lowest BCUT2D eigenvalue weighted by Gasteiger charge is -2.11. The third-order valence-electron chi connectivity index (χ3n) is 2.34. The Morgan fingerprint density at radius 1 is 1.41 bits per heavy atom. The number of esters is 1. The van der Waals surface area contributed by atoms with Crippen molar-refractivity contribution < 1.29 is 19.1 Å². The van der Waals surface area contributed by atoms with Gasteiger partial charge in [-0.1, -0.05) is 12.1 Å². The molecule has 0 aliphatic rings. The first-order valence-corrected chi connectivity index (χ1v) is 5.51. The van der Waals surface area contributed by atoms with E-state index in [1.165, 1.54) is 7.11 Å². The molecule has 0 saturated heterocycles. The third kappa shape index (κ3) is 3.31. The van der Waals surface area contributed by atoms with E-state index in [4.69, 9.17) is 9.47 Å². The maximum Gasteiger partial charge on any atom is 0.342 e. The molecule has 0 bridgehead atoms. The van der Waals surface area contributed by atoms with Gasteiger partial charge in [0, 0.05) is 6.42 Å². The van der Waals surface area contributed by atoms with Crippen LogP contribution >= 0.6 is 0 Å². The summed E-state index contributed by atoms with van der Waals surface area (Å²) < 4.78 is 10.1. The van der Waals surface area contributed by atoms with Crippen molar-refractivity contribution in [2.75, 3.05) is 13.7 Å². The molecule has 0 spiro atoms. The van der Waals surface area contributed by atoms with Gasteiger partial charge < -0.3 is 14.3 Å². The van der Waals surface area contributed by atoms with Crippen molar-refractivity contribution >= 4 is 12.3 Å². The average Bonchev–Trinajstić information content (AvgIpc) is 2.35. The van der Waals surface area contributed by atoms with E-state index in [0.717, 1.165) is 11.8 Å². The van der Waals surface area contributed by atoms with Crippen LogP contribution in [0.5, 0.6) is 5.75 Å². The summed E-state index contributed by atoms with van der Waals surface area (Å²) in [4.78, 5) is 22.2. The Kier molecular flexibility index (Phi) is 5.20. The van der Waals surface area contributed by atoms with Crippen LogP contribution in [0, 0.1) is 0 Å². The molecule has 0 atom stereocenters. The van der Waals surface area contributed by atoms with Gasteiger partial charge >= 0.3 is 5.97 Å². The lowest BCUT2D eigenvalue weighted by molar-refractivity contribution is -0.107. The number of carbonyl (C=O) groups is 2. The summed E-state index contributed by atoms with van der Waals surface area (Å²) in [5, 5.41) is 0.